The van der Waals surface area contributed by atoms with E-state index in [9.17, 15) is 0 Å². The average Bonchev–Trinajstić information content (AvgIpc) is 3.07. The number of nitrogens with one attached hydrogen (secondary N) is 1. The van der Waals surface area contributed by atoms with Crippen molar-refractivity contribution in [3.8, 4) is 0 Å². The van der Waals surface area contributed by atoms with E-state index in [1.807, 2.05) is 0 Å². The van der Waals surface area contributed by atoms with Crippen LogP contribution in [0.1, 0.15) is 58.2 Å². The molecule has 1 aliphatic rings. The molecule has 5 nitrogen and oxygen atoms in total. The van der Waals surface area contributed by atoms with Crippen molar-refractivity contribution in [2.45, 2.75) is 71.1 Å². The van der Waals surface area contributed by atoms with Gasteiger partial charge in [-0.05, 0) is 24.3 Å². The lowest BCUT2D eigenvalue weighted by Crippen LogP contribution is -2.51. The van der Waals surface area contributed by atoms with Crippen LogP contribution in [0.2, 0.25) is 0 Å². The summed E-state index contributed by atoms with van der Waals surface area (Å²) in [7, 11) is 1.75. The maximum Gasteiger partial charge on any atom is 0.0789 e. The Morgan fingerprint density at radius 2 is 2.10 bits per heavy atom. The highest BCUT2D eigenvalue weighted by atomic mass is 16.5. The van der Waals surface area contributed by atoms with E-state index < -0.39 is 0 Å². The number of nitrogens with zero attached hydrogens (tertiary/aromatic N) is 2. The Hall–Kier alpha value is -0.910. The Kier molecular flexibility index (Phi) is 5.41. The summed E-state index contributed by atoms with van der Waals surface area (Å²) < 4.78 is 7.80. The summed E-state index contributed by atoms with van der Waals surface area (Å²) in [6, 6.07) is 2.75. The van der Waals surface area contributed by atoms with Crippen LogP contribution in [0, 0.1) is 5.41 Å². The van der Waals surface area contributed by atoms with E-state index in [2.05, 4.69) is 43.1 Å². The molecule has 0 aromatic carbocycles. The standard InChI is InChI=1S/C16H30N4O/c1-16(2,3)15(21-4)14(18-17)11-12-9-10-20(19-12)13-7-5-6-8-13/h9-10,13-15,18H,5-8,11,17H2,1-4H3. The maximum atomic E-state index is 5.76. The molecule has 3 N–H and O–H groups in total. The molecule has 0 aliphatic heterocycles. The third kappa shape index (κ3) is 4.05. The summed E-state index contributed by atoms with van der Waals surface area (Å²) >= 11 is 0. The van der Waals surface area contributed by atoms with Crippen molar-refractivity contribution >= 4 is 0 Å². The SMILES string of the molecule is COC(C(Cc1ccn(C2CCCC2)n1)NN)C(C)(C)C. The quantitative estimate of drug-likeness (QED) is 0.625. The van der Waals surface area contributed by atoms with E-state index >= 15 is 0 Å². The van der Waals surface area contributed by atoms with E-state index in [1.54, 1.807) is 7.11 Å². The van der Waals surface area contributed by atoms with Gasteiger partial charge < -0.3 is 4.74 Å². The summed E-state index contributed by atoms with van der Waals surface area (Å²) in [6.45, 7) is 6.51. The van der Waals surface area contributed by atoms with Gasteiger partial charge in [-0.1, -0.05) is 33.6 Å². The first-order valence-corrected chi connectivity index (χ1v) is 7.98. The molecule has 1 fully saturated rings. The molecular formula is C16H30N4O. The fourth-order valence-electron chi connectivity index (χ4n) is 3.46. The fourth-order valence-corrected chi connectivity index (χ4v) is 3.46. The third-order valence-corrected chi connectivity index (χ3v) is 4.48. The summed E-state index contributed by atoms with van der Waals surface area (Å²) in [5.74, 6) is 5.76. The lowest BCUT2D eigenvalue weighted by atomic mass is 9.83. The minimum atomic E-state index is 0.0276. The van der Waals surface area contributed by atoms with Crippen LogP contribution in [0.4, 0.5) is 0 Å². The van der Waals surface area contributed by atoms with E-state index in [-0.39, 0.29) is 17.6 Å². The number of aromatic nitrogens is 2. The number of hydrogen-bond acceptors (Lipinski definition) is 4. The first kappa shape index (κ1) is 16.5. The zero-order valence-corrected chi connectivity index (χ0v) is 13.8. The molecule has 120 valence electrons. The molecule has 1 aliphatic carbocycles. The van der Waals surface area contributed by atoms with E-state index in [0.29, 0.717) is 6.04 Å². The van der Waals surface area contributed by atoms with Crippen LogP contribution in [0.5, 0.6) is 0 Å². The largest absolute Gasteiger partial charge is 0.379 e. The first-order chi connectivity index (χ1) is 9.95. The molecule has 2 unspecified atom stereocenters. The van der Waals surface area contributed by atoms with Crippen molar-refractivity contribution in [2.75, 3.05) is 7.11 Å². The Bertz CT molecular complexity index is 432. The third-order valence-electron chi connectivity index (χ3n) is 4.48. The molecule has 5 heteroatoms. The van der Waals surface area contributed by atoms with Gasteiger partial charge in [0.25, 0.3) is 0 Å². The van der Waals surface area contributed by atoms with Crippen LogP contribution < -0.4 is 11.3 Å². The second-order valence-electron chi connectivity index (χ2n) is 7.22. The van der Waals surface area contributed by atoms with Crippen molar-refractivity contribution in [2.24, 2.45) is 11.3 Å². The minimum absolute atomic E-state index is 0.0276. The van der Waals surface area contributed by atoms with Crippen molar-refractivity contribution in [1.82, 2.24) is 15.2 Å². The van der Waals surface area contributed by atoms with Crippen LogP contribution >= 0.6 is 0 Å². The zero-order valence-electron chi connectivity index (χ0n) is 13.8. The number of nitrogens with two attached hydrogens (primary N) is 1. The Labute approximate surface area is 128 Å². The van der Waals surface area contributed by atoms with Gasteiger partial charge in [0, 0.05) is 19.7 Å². The van der Waals surface area contributed by atoms with Gasteiger partial charge in [-0.15, -0.1) is 0 Å². The number of hydrazine groups is 1. The molecule has 0 saturated heterocycles. The number of methoxy groups -OCH3 is 1. The monoisotopic (exact) mass is 294 g/mol. The molecule has 0 spiro atoms. The van der Waals surface area contributed by atoms with Gasteiger partial charge in [-0.3, -0.25) is 16.0 Å². The molecule has 1 aromatic heterocycles. The summed E-state index contributed by atoms with van der Waals surface area (Å²) in [6.07, 6.45) is 8.08. The van der Waals surface area contributed by atoms with Crippen LogP contribution in [0.3, 0.4) is 0 Å². The average molecular weight is 294 g/mol. The molecule has 2 atom stereocenters. The summed E-state index contributed by atoms with van der Waals surface area (Å²) in [5, 5.41) is 4.74. The van der Waals surface area contributed by atoms with Crippen LogP contribution in [0.15, 0.2) is 12.3 Å². The first-order valence-electron chi connectivity index (χ1n) is 7.98. The lowest BCUT2D eigenvalue weighted by molar-refractivity contribution is -0.0113. The molecule has 0 bridgehead atoms. The number of hydrogen-bond donors (Lipinski definition) is 2. The smallest absolute Gasteiger partial charge is 0.0789 e. The zero-order chi connectivity index (χ0) is 15.5. The highest BCUT2D eigenvalue weighted by molar-refractivity contribution is 5.04. The molecule has 1 aromatic rings. The van der Waals surface area contributed by atoms with Gasteiger partial charge in [0.05, 0.1) is 23.9 Å². The normalized spacial score (nSPS) is 19.9. The van der Waals surface area contributed by atoms with E-state index in [1.165, 1.54) is 25.7 Å². The van der Waals surface area contributed by atoms with Gasteiger partial charge in [-0.2, -0.15) is 5.10 Å². The van der Waals surface area contributed by atoms with Crippen LogP contribution in [0.25, 0.3) is 0 Å². The fraction of sp³-hybridized carbons (Fsp3) is 0.812. The van der Waals surface area contributed by atoms with Gasteiger partial charge >= 0.3 is 0 Å². The van der Waals surface area contributed by atoms with Crippen molar-refractivity contribution in [3.63, 3.8) is 0 Å². The van der Waals surface area contributed by atoms with E-state index in [4.69, 9.17) is 15.7 Å². The predicted octanol–water partition coefficient (Wildman–Crippen LogP) is 2.43. The Morgan fingerprint density at radius 3 is 2.62 bits per heavy atom. The van der Waals surface area contributed by atoms with Crippen molar-refractivity contribution in [3.05, 3.63) is 18.0 Å². The predicted molar refractivity (Wildman–Crippen MR) is 84.8 cm³/mol. The van der Waals surface area contributed by atoms with Crippen LogP contribution in [-0.2, 0) is 11.2 Å². The maximum absolute atomic E-state index is 5.76. The van der Waals surface area contributed by atoms with Crippen LogP contribution in [-0.4, -0.2) is 29.0 Å². The Morgan fingerprint density at radius 1 is 1.43 bits per heavy atom. The van der Waals surface area contributed by atoms with Crippen molar-refractivity contribution < 1.29 is 4.74 Å². The molecule has 21 heavy (non-hydrogen) atoms. The highest BCUT2D eigenvalue weighted by Gasteiger charge is 2.32. The second-order valence-corrected chi connectivity index (χ2v) is 7.22. The molecule has 1 heterocycles. The molecule has 0 amide bonds. The second kappa shape index (κ2) is 6.90. The summed E-state index contributed by atoms with van der Waals surface area (Å²) in [5.41, 5.74) is 4.02. The molecule has 2 rings (SSSR count). The van der Waals surface area contributed by atoms with Gasteiger partial charge in [0.15, 0.2) is 0 Å². The highest BCUT2D eigenvalue weighted by Crippen LogP contribution is 2.29. The lowest BCUT2D eigenvalue weighted by Gasteiger charge is -2.35. The topological polar surface area (TPSA) is 65.1 Å². The molecule has 1 saturated carbocycles. The Balaban J connectivity index is 2.04. The summed E-state index contributed by atoms with van der Waals surface area (Å²) in [4.78, 5) is 0. The molecular weight excluding hydrogens is 264 g/mol. The van der Waals surface area contributed by atoms with E-state index in [0.717, 1.165) is 12.1 Å². The van der Waals surface area contributed by atoms with Gasteiger partial charge in [-0.25, -0.2) is 0 Å². The van der Waals surface area contributed by atoms with Gasteiger partial charge in [0.2, 0.25) is 0 Å². The van der Waals surface area contributed by atoms with Gasteiger partial charge in [0.1, 0.15) is 0 Å². The molecule has 0 radical (unpaired) electrons. The number of ether oxygens (including phenoxy) is 1. The van der Waals surface area contributed by atoms with Crippen molar-refractivity contribution in [1.29, 1.82) is 0 Å². The minimum Gasteiger partial charge on any atom is -0.379 e. The number of rotatable bonds is 6.